The first-order chi connectivity index (χ1) is 13.0. The molecule has 0 saturated carbocycles. The zero-order valence-corrected chi connectivity index (χ0v) is 16.5. The molecule has 1 N–H and O–H groups in total. The van der Waals surface area contributed by atoms with Crippen LogP contribution < -0.4 is 5.32 Å². The fourth-order valence-corrected chi connectivity index (χ4v) is 3.98. The number of ether oxygens (including phenoxy) is 1. The fourth-order valence-electron chi connectivity index (χ4n) is 3.07. The summed E-state index contributed by atoms with van der Waals surface area (Å²) in [5.41, 5.74) is 0.427. The van der Waals surface area contributed by atoms with E-state index in [2.05, 4.69) is 15.1 Å². The van der Waals surface area contributed by atoms with Crippen molar-refractivity contribution in [1.29, 1.82) is 0 Å². The summed E-state index contributed by atoms with van der Waals surface area (Å²) in [5.74, 6) is 0.450. The van der Waals surface area contributed by atoms with Crippen molar-refractivity contribution in [2.75, 3.05) is 44.6 Å². The number of anilines is 1. The topological polar surface area (TPSA) is 75.0 Å². The van der Waals surface area contributed by atoms with E-state index < -0.39 is 5.97 Å². The number of thiophene rings is 1. The second-order valence-electron chi connectivity index (χ2n) is 6.50. The van der Waals surface area contributed by atoms with Crippen molar-refractivity contribution in [3.05, 3.63) is 40.7 Å². The van der Waals surface area contributed by atoms with Crippen LogP contribution in [0.15, 0.2) is 28.9 Å². The van der Waals surface area contributed by atoms with Gasteiger partial charge in [-0.2, -0.15) is 0 Å². The third-order valence-electron chi connectivity index (χ3n) is 4.40. The second kappa shape index (κ2) is 9.16. The number of hydrogen-bond acceptors (Lipinski definition) is 7. The zero-order valence-electron chi connectivity index (χ0n) is 15.7. The van der Waals surface area contributed by atoms with E-state index in [9.17, 15) is 9.59 Å². The quantitative estimate of drug-likeness (QED) is 0.731. The average Bonchev–Trinajstić information content (AvgIpc) is 3.26. The van der Waals surface area contributed by atoms with Crippen LogP contribution in [0, 0.1) is 6.92 Å². The van der Waals surface area contributed by atoms with Crippen molar-refractivity contribution in [3.63, 3.8) is 0 Å². The molecule has 2 aromatic rings. The first-order valence-electron chi connectivity index (χ1n) is 9.09. The van der Waals surface area contributed by atoms with Crippen molar-refractivity contribution in [3.8, 4) is 0 Å². The van der Waals surface area contributed by atoms with E-state index in [4.69, 9.17) is 9.15 Å². The summed E-state index contributed by atoms with van der Waals surface area (Å²) >= 11 is 1.39. The van der Waals surface area contributed by atoms with Gasteiger partial charge in [0.25, 0.3) is 0 Å². The van der Waals surface area contributed by atoms with Gasteiger partial charge < -0.3 is 14.5 Å². The lowest BCUT2D eigenvalue weighted by Gasteiger charge is -2.33. The maximum absolute atomic E-state index is 12.4. The molecule has 1 fully saturated rings. The third kappa shape index (κ3) is 5.41. The summed E-state index contributed by atoms with van der Waals surface area (Å²) in [6, 6.07) is 5.63. The highest BCUT2D eigenvalue weighted by molar-refractivity contribution is 7.16. The highest BCUT2D eigenvalue weighted by atomic mass is 32.1. The molecule has 146 valence electrons. The van der Waals surface area contributed by atoms with Gasteiger partial charge in [-0.05, 0) is 32.0 Å². The molecule has 1 amide bonds. The van der Waals surface area contributed by atoms with Gasteiger partial charge in [-0.15, -0.1) is 11.3 Å². The Labute approximate surface area is 162 Å². The third-order valence-corrected chi connectivity index (χ3v) is 5.36. The van der Waals surface area contributed by atoms with E-state index >= 15 is 0 Å². The van der Waals surface area contributed by atoms with Gasteiger partial charge in [0.05, 0.1) is 31.5 Å². The Kier molecular flexibility index (Phi) is 6.65. The molecule has 0 aromatic carbocycles. The molecule has 0 unspecified atom stereocenters. The number of hydrogen-bond donors (Lipinski definition) is 1. The van der Waals surface area contributed by atoms with Crippen LogP contribution >= 0.6 is 11.3 Å². The Bertz CT molecular complexity index is 764. The molecular weight excluding hydrogens is 366 g/mol. The van der Waals surface area contributed by atoms with Gasteiger partial charge in [-0.1, -0.05) is 0 Å². The van der Waals surface area contributed by atoms with Crippen molar-refractivity contribution >= 4 is 28.2 Å². The summed E-state index contributed by atoms with van der Waals surface area (Å²) in [7, 11) is 0. The van der Waals surface area contributed by atoms with E-state index in [0.29, 0.717) is 23.7 Å². The van der Waals surface area contributed by atoms with Crippen molar-refractivity contribution in [1.82, 2.24) is 9.80 Å². The normalized spacial score (nSPS) is 15.6. The van der Waals surface area contributed by atoms with E-state index in [1.54, 1.807) is 19.3 Å². The van der Waals surface area contributed by atoms with Crippen LogP contribution in [0.4, 0.5) is 5.00 Å². The second-order valence-corrected chi connectivity index (χ2v) is 7.76. The molecule has 2 aromatic heterocycles. The monoisotopic (exact) mass is 391 g/mol. The lowest BCUT2D eigenvalue weighted by atomic mass is 10.2. The Morgan fingerprint density at radius 1 is 1.26 bits per heavy atom. The number of piperazine rings is 1. The van der Waals surface area contributed by atoms with Crippen LogP contribution in [0.25, 0.3) is 0 Å². The minimum absolute atomic E-state index is 0.109. The molecule has 8 heteroatoms. The van der Waals surface area contributed by atoms with Gasteiger partial charge in [0, 0.05) is 31.1 Å². The van der Waals surface area contributed by atoms with Gasteiger partial charge in [0.1, 0.15) is 10.8 Å². The first kappa shape index (κ1) is 19.6. The van der Waals surface area contributed by atoms with Crippen LogP contribution in [-0.2, 0) is 16.1 Å². The Morgan fingerprint density at radius 3 is 2.67 bits per heavy atom. The number of aryl methyl sites for hydroxylation is 1. The first-order valence-corrected chi connectivity index (χ1v) is 9.91. The van der Waals surface area contributed by atoms with Crippen molar-refractivity contribution in [2.45, 2.75) is 20.4 Å². The largest absolute Gasteiger partial charge is 0.468 e. The molecule has 0 radical (unpaired) electrons. The molecule has 3 rings (SSSR count). The van der Waals surface area contributed by atoms with Crippen molar-refractivity contribution in [2.24, 2.45) is 0 Å². The van der Waals surface area contributed by atoms with E-state index in [0.717, 1.165) is 43.4 Å². The standard InChI is InChI=1S/C19H25N3O4S/c1-3-25-19(24)16-11-14(2)27-18(16)20-17(23)13-22-8-6-21(7-9-22)12-15-5-4-10-26-15/h4-5,10-11H,3,6-9,12-13H2,1-2H3,(H,20,23). The van der Waals surface area contributed by atoms with E-state index in [-0.39, 0.29) is 5.91 Å². The van der Waals surface area contributed by atoms with Gasteiger partial charge in [0.15, 0.2) is 0 Å². The number of rotatable bonds is 7. The average molecular weight is 391 g/mol. The minimum Gasteiger partial charge on any atom is -0.468 e. The van der Waals surface area contributed by atoms with E-state index in [1.807, 2.05) is 19.1 Å². The Hall–Kier alpha value is -2.16. The molecule has 0 spiro atoms. The molecule has 7 nitrogen and oxygen atoms in total. The number of nitrogens with zero attached hydrogens (tertiary/aromatic N) is 2. The van der Waals surface area contributed by atoms with Crippen LogP contribution in [0.5, 0.6) is 0 Å². The highest BCUT2D eigenvalue weighted by Crippen LogP contribution is 2.28. The minimum atomic E-state index is -0.399. The lowest BCUT2D eigenvalue weighted by Crippen LogP contribution is -2.48. The van der Waals surface area contributed by atoms with Gasteiger partial charge >= 0.3 is 5.97 Å². The summed E-state index contributed by atoms with van der Waals surface area (Å²) in [5, 5.41) is 3.44. The fraction of sp³-hybridized carbons (Fsp3) is 0.474. The Morgan fingerprint density at radius 2 is 2.00 bits per heavy atom. The molecule has 1 saturated heterocycles. The molecule has 3 heterocycles. The number of carbonyl (C=O) groups is 2. The number of esters is 1. The summed E-state index contributed by atoms with van der Waals surface area (Å²) in [4.78, 5) is 29.9. The summed E-state index contributed by atoms with van der Waals surface area (Å²) < 4.78 is 10.4. The maximum atomic E-state index is 12.4. The van der Waals surface area contributed by atoms with Crippen molar-refractivity contribution < 1.29 is 18.7 Å². The summed E-state index contributed by atoms with van der Waals surface area (Å²) in [6.07, 6.45) is 1.69. The van der Waals surface area contributed by atoms with Gasteiger partial charge in [-0.25, -0.2) is 4.79 Å². The van der Waals surface area contributed by atoms with Crippen LogP contribution in [0.2, 0.25) is 0 Å². The maximum Gasteiger partial charge on any atom is 0.341 e. The number of nitrogens with one attached hydrogen (secondary N) is 1. The molecule has 0 aliphatic carbocycles. The summed E-state index contributed by atoms with van der Waals surface area (Å²) in [6.45, 7) is 8.51. The molecule has 0 bridgehead atoms. The molecular formula is C19H25N3O4S. The molecule has 0 atom stereocenters. The van der Waals surface area contributed by atoms with Crippen LogP contribution in [0.1, 0.15) is 27.9 Å². The zero-order chi connectivity index (χ0) is 19.2. The number of furan rings is 1. The Balaban J connectivity index is 1.48. The molecule has 1 aliphatic rings. The number of amides is 1. The smallest absolute Gasteiger partial charge is 0.341 e. The number of carbonyl (C=O) groups excluding carboxylic acids is 2. The molecule has 27 heavy (non-hydrogen) atoms. The van der Waals surface area contributed by atoms with Crippen LogP contribution in [0.3, 0.4) is 0 Å². The van der Waals surface area contributed by atoms with Gasteiger partial charge in [-0.3, -0.25) is 14.6 Å². The van der Waals surface area contributed by atoms with Crippen LogP contribution in [-0.4, -0.2) is 61.0 Å². The molecule has 1 aliphatic heterocycles. The SMILES string of the molecule is CCOC(=O)c1cc(C)sc1NC(=O)CN1CCN(Cc2ccco2)CC1. The highest BCUT2D eigenvalue weighted by Gasteiger charge is 2.22. The van der Waals surface area contributed by atoms with E-state index in [1.165, 1.54) is 11.3 Å². The predicted octanol–water partition coefficient (Wildman–Crippen LogP) is 2.58. The predicted molar refractivity (Wildman–Crippen MR) is 104 cm³/mol. The lowest BCUT2D eigenvalue weighted by molar-refractivity contribution is -0.117. The van der Waals surface area contributed by atoms with Gasteiger partial charge in [0.2, 0.25) is 5.91 Å².